The van der Waals surface area contributed by atoms with E-state index in [0.717, 1.165) is 48.2 Å². The summed E-state index contributed by atoms with van der Waals surface area (Å²) in [6, 6.07) is 16.9. The monoisotopic (exact) mass is 351 g/mol. The lowest BCUT2D eigenvalue weighted by atomic mass is 10.0. The molecule has 0 aliphatic rings. The van der Waals surface area contributed by atoms with E-state index in [1.807, 2.05) is 0 Å². The quantitative estimate of drug-likeness (QED) is 0.566. The van der Waals surface area contributed by atoms with Crippen LogP contribution in [0.4, 0.5) is 0 Å². The van der Waals surface area contributed by atoms with Crippen LogP contribution < -0.4 is 0 Å². The van der Waals surface area contributed by atoms with Gasteiger partial charge in [-0.1, -0.05) is 75.2 Å². The van der Waals surface area contributed by atoms with E-state index in [4.69, 9.17) is 11.6 Å². The second kappa shape index (κ2) is 8.21. The fourth-order valence-corrected chi connectivity index (χ4v) is 3.06. The van der Waals surface area contributed by atoms with Crippen molar-refractivity contribution in [3.05, 3.63) is 64.9 Å². The molecule has 3 rings (SSSR count). The number of nitrogens with zero attached hydrogens (tertiary/aromatic N) is 3. The SMILES string of the molecule is CCCc1ccc(-c2nnc(Cl)nc2-c2ccc(CCC)cc2)cc1. The third-order valence-electron chi connectivity index (χ3n) is 4.19. The lowest BCUT2D eigenvalue weighted by Crippen LogP contribution is -1.98. The molecule has 0 bridgehead atoms. The maximum atomic E-state index is 6.02. The second-order valence-corrected chi connectivity index (χ2v) is 6.51. The molecule has 0 N–H and O–H groups in total. The highest BCUT2D eigenvalue weighted by molar-refractivity contribution is 6.28. The molecule has 0 aliphatic carbocycles. The van der Waals surface area contributed by atoms with Crippen LogP contribution in [-0.4, -0.2) is 15.2 Å². The Morgan fingerprint density at radius 2 is 1.16 bits per heavy atom. The number of rotatable bonds is 6. The average molecular weight is 352 g/mol. The van der Waals surface area contributed by atoms with Gasteiger partial charge >= 0.3 is 0 Å². The minimum atomic E-state index is 0.166. The van der Waals surface area contributed by atoms with Gasteiger partial charge < -0.3 is 0 Å². The molecule has 0 radical (unpaired) electrons. The topological polar surface area (TPSA) is 38.7 Å². The Morgan fingerprint density at radius 1 is 0.680 bits per heavy atom. The van der Waals surface area contributed by atoms with Crippen LogP contribution in [0.15, 0.2) is 48.5 Å². The third-order valence-corrected chi connectivity index (χ3v) is 4.35. The molecule has 0 fully saturated rings. The van der Waals surface area contributed by atoms with Crippen molar-refractivity contribution < 1.29 is 0 Å². The van der Waals surface area contributed by atoms with Crippen LogP contribution in [0.5, 0.6) is 0 Å². The Hall–Kier alpha value is -2.26. The van der Waals surface area contributed by atoms with Gasteiger partial charge in [0.2, 0.25) is 5.28 Å². The van der Waals surface area contributed by atoms with Crippen molar-refractivity contribution in [2.45, 2.75) is 39.5 Å². The van der Waals surface area contributed by atoms with Crippen LogP contribution in [0.2, 0.25) is 5.28 Å². The Balaban J connectivity index is 2.00. The standard InChI is InChI=1S/C21H22ClN3/c1-3-5-15-7-11-17(12-8-15)19-20(24-25-21(22)23-19)18-13-9-16(6-4-2)10-14-18/h7-14H,3-6H2,1-2H3. The smallest absolute Gasteiger partial charge is 0.214 e. The van der Waals surface area contributed by atoms with Gasteiger partial charge in [0.25, 0.3) is 0 Å². The molecule has 0 saturated heterocycles. The van der Waals surface area contributed by atoms with Gasteiger partial charge in [-0.25, -0.2) is 4.98 Å². The summed E-state index contributed by atoms with van der Waals surface area (Å²) in [4.78, 5) is 4.45. The van der Waals surface area contributed by atoms with E-state index >= 15 is 0 Å². The van der Waals surface area contributed by atoms with Crippen molar-refractivity contribution in [1.29, 1.82) is 0 Å². The van der Waals surface area contributed by atoms with Crippen molar-refractivity contribution >= 4 is 11.6 Å². The first-order valence-electron chi connectivity index (χ1n) is 8.80. The molecule has 0 spiro atoms. The predicted octanol–water partition coefficient (Wildman–Crippen LogP) is 5.76. The van der Waals surface area contributed by atoms with E-state index in [1.165, 1.54) is 11.1 Å². The molecule has 3 nitrogen and oxygen atoms in total. The second-order valence-electron chi connectivity index (χ2n) is 6.17. The molecule has 0 saturated carbocycles. The van der Waals surface area contributed by atoms with Crippen LogP contribution in [0.3, 0.4) is 0 Å². The zero-order valence-electron chi connectivity index (χ0n) is 14.7. The first-order chi connectivity index (χ1) is 12.2. The summed E-state index contributed by atoms with van der Waals surface area (Å²) in [5, 5.41) is 8.43. The van der Waals surface area contributed by atoms with E-state index < -0.39 is 0 Å². The normalized spacial score (nSPS) is 10.8. The summed E-state index contributed by atoms with van der Waals surface area (Å²) in [6.07, 6.45) is 4.43. The molecule has 4 heteroatoms. The zero-order valence-corrected chi connectivity index (χ0v) is 15.4. The Kier molecular flexibility index (Phi) is 5.77. The highest BCUT2D eigenvalue weighted by Gasteiger charge is 2.13. The number of halogens is 1. The lowest BCUT2D eigenvalue weighted by molar-refractivity contribution is 0.921. The van der Waals surface area contributed by atoms with Gasteiger partial charge in [0.05, 0.1) is 0 Å². The van der Waals surface area contributed by atoms with Crippen molar-refractivity contribution in [3.63, 3.8) is 0 Å². The first-order valence-corrected chi connectivity index (χ1v) is 9.18. The number of hydrogen-bond donors (Lipinski definition) is 0. The van der Waals surface area contributed by atoms with Crippen LogP contribution in [0, 0.1) is 0 Å². The first kappa shape index (κ1) is 17.6. The lowest BCUT2D eigenvalue weighted by Gasteiger charge is -2.09. The third kappa shape index (κ3) is 4.23. The van der Waals surface area contributed by atoms with E-state index in [-0.39, 0.29) is 5.28 Å². The molecule has 0 atom stereocenters. The fourth-order valence-electron chi connectivity index (χ4n) is 2.94. The predicted molar refractivity (Wildman–Crippen MR) is 104 cm³/mol. The van der Waals surface area contributed by atoms with E-state index in [0.29, 0.717) is 0 Å². The molecule has 0 aliphatic heterocycles. The van der Waals surface area contributed by atoms with Crippen molar-refractivity contribution in [2.24, 2.45) is 0 Å². The highest BCUT2D eigenvalue weighted by atomic mass is 35.5. The molecule has 2 aromatic carbocycles. The van der Waals surface area contributed by atoms with Crippen LogP contribution in [0.25, 0.3) is 22.5 Å². The highest BCUT2D eigenvalue weighted by Crippen LogP contribution is 2.29. The van der Waals surface area contributed by atoms with E-state index in [1.54, 1.807) is 0 Å². The van der Waals surface area contributed by atoms with Crippen LogP contribution in [0.1, 0.15) is 37.8 Å². The molecular weight excluding hydrogens is 330 g/mol. The minimum Gasteiger partial charge on any atom is -0.214 e. The summed E-state index contributed by atoms with van der Waals surface area (Å²) in [5.41, 5.74) is 6.19. The van der Waals surface area contributed by atoms with Crippen molar-refractivity contribution in [1.82, 2.24) is 15.2 Å². The van der Waals surface area contributed by atoms with Gasteiger partial charge in [-0.2, -0.15) is 0 Å². The fraction of sp³-hybridized carbons (Fsp3) is 0.286. The average Bonchev–Trinajstić information content (AvgIpc) is 2.64. The van der Waals surface area contributed by atoms with E-state index in [2.05, 4.69) is 77.6 Å². The number of hydrogen-bond acceptors (Lipinski definition) is 3. The van der Waals surface area contributed by atoms with Crippen molar-refractivity contribution in [2.75, 3.05) is 0 Å². The molecule has 0 unspecified atom stereocenters. The molecule has 0 amide bonds. The zero-order chi connectivity index (χ0) is 17.6. The number of aromatic nitrogens is 3. The van der Waals surface area contributed by atoms with Crippen LogP contribution in [-0.2, 0) is 12.8 Å². The number of aryl methyl sites for hydroxylation is 2. The Bertz CT molecular complexity index is 827. The maximum Gasteiger partial charge on any atom is 0.243 e. The van der Waals surface area contributed by atoms with E-state index in [9.17, 15) is 0 Å². The van der Waals surface area contributed by atoms with Gasteiger partial charge in [0.1, 0.15) is 11.4 Å². The summed E-state index contributed by atoms with van der Waals surface area (Å²) in [6.45, 7) is 4.37. The summed E-state index contributed by atoms with van der Waals surface area (Å²) in [7, 11) is 0. The van der Waals surface area contributed by atoms with Gasteiger partial charge in [-0.3, -0.25) is 0 Å². The molecule has 1 heterocycles. The van der Waals surface area contributed by atoms with Crippen molar-refractivity contribution in [3.8, 4) is 22.5 Å². The largest absolute Gasteiger partial charge is 0.243 e. The molecule has 128 valence electrons. The Morgan fingerprint density at radius 3 is 1.64 bits per heavy atom. The summed E-state index contributed by atoms with van der Waals surface area (Å²) in [5.74, 6) is 0. The van der Waals surface area contributed by atoms with Gasteiger partial charge in [-0.15, -0.1) is 10.2 Å². The van der Waals surface area contributed by atoms with Gasteiger partial charge in [-0.05, 0) is 35.6 Å². The molecule has 1 aromatic heterocycles. The van der Waals surface area contributed by atoms with Gasteiger partial charge in [0, 0.05) is 11.1 Å². The molecular formula is C21H22ClN3. The van der Waals surface area contributed by atoms with Gasteiger partial charge in [0.15, 0.2) is 0 Å². The molecule has 3 aromatic rings. The van der Waals surface area contributed by atoms with Crippen LogP contribution >= 0.6 is 11.6 Å². The summed E-state index contributed by atoms with van der Waals surface area (Å²) >= 11 is 6.02. The Labute approximate surface area is 154 Å². The maximum absolute atomic E-state index is 6.02. The number of benzene rings is 2. The molecule has 25 heavy (non-hydrogen) atoms. The minimum absolute atomic E-state index is 0.166. The summed E-state index contributed by atoms with van der Waals surface area (Å²) < 4.78 is 0.